The zero-order chi connectivity index (χ0) is 43.5. The maximum atomic E-state index is 3.59. The lowest BCUT2D eigenvalue weighted by Crippen LogP contribution is -2.15. The van der Waals surface area contributed by atoms with Gasteiger partial charge >= 0.3 is 0 Å². The van der Waals surface area contributed by atoms with Crippen LogP contribution in [0.15, 0.2) is 231 Å². The van der Waals surface area contributed by atoms with E-state index in [2.05, 4.69) is 266 Å². The number of hydrogen-bond donors (Lipinski definition) is 0. The predicted octanol–water partition coefficient (Wildman–Crippen LogP) is 16.8. The van der Waals surface area contributed by atoms with E-state index in [0.29, 0.717) is 0 Å². The molecule has 1 aromatic heterocycles. The molecule has 0 N–H and O–H groups in total. The Bertz CT molecular complexity index is 3520. The highest BCUT2D eigenvalue weighted by Crippen LogP contribution is 2.50. The molecule has 1 heterocycles. The van der Waals surface area contributed by atoms with Crippen molar-refractivity contribution in [3.8, 4) is 61.3 Å². The number of nitrogens with zero attached hydrogens (tertiary/aromatic N) is 2. The lowest BCUT2D eigenvalue weighted by Gasteiger charge is -2.26. The molecular formula is C63H44N2. The third-order valence-electron chi connectivity index (χ3n) is 13.5. The fourth-order valence-corrected chi connectivity index (χ4v) is 10.2. The Morgan fingerprint density at radius 3 is 1.57 bits per heavy atom. The van der Waals surface area contributed by atoms with Crippen molar-refractivity contribution in [1.82, 2.24) is 4.57 Å². The number of fused-ring (bicyclic) bond motifs is 6. The quantitative estimate of drug-likeness (QED) is 0.148. The van der Waals surface area contributed by atoms with Gasteiger partial charge in [0.25, 0.3) is 0 Å². The van der Waals surface area contributed by atoms with Crippen molar-refractivity contribution in [1.29, 1.82) is 0 Å². The van der Waals surface area contributed by atoms with Crippen LogP contribution in [-0.2, 0) is 5.41 Å². The fraction of sp³-hybridized carbons (Fsp3) is 0.0476. The average molecular weight is 829 g/mol. The van der Waals surface area contributed by atoms with Crippen LogP contribution < -0.4 is 4.90 Å². The van der Waals surface area contributed by atoms with Gasteiger partial charge in [-0.15, -0.1) is 0 Å². The minimum Gasteiger partial charge on any atom is -0.310 e. The molecule has 12 rings (SSSR count). The summed E-state index contributed by atoms with van der Waals surface area (Å²) in [5, 5.41) is 2.36. The molecule has 306 valence electrons. The molecule has 0 bridgehead atoms. The summed E-state index contributed by atoms with van der Waals surface area (Å²) in [4.78, 5) is 2.37. The summed E-state index contributed by atoms with van der Waals surface area (Å²) in [6, 6.07) is 90.6. The summed E-state index contributed by atoms with van der Waals surface area (Å²) in [5.74, 6) is 0. The lowest BCUT2D eigenvalue weighted by molar-refractivity contribution is 0.660. The van der Waals surface area contributed by atoms with Gasteiger partial charge in [0.2, 0.25) is 0 Å². The number of aromatic nitrogens is 1. The average Bonchev–Trinajstić information content (AvgIpc) is 3.83. The van der Waals surface area contributed by atoms with Gasteiger partial charge in [-0.05, 0) is 128 Å². The molecule has 1 aliphatic carbocycles. The Morgan fingerprint density at radius 1 is 0.400 bits per heavy atom. The van der Waals surface area contributed by atoms with Gasteiger partial charge in [0.1, 0.15) is 5.52 Å². The maximum absolute atomic E-state index is 3.59. The second-order valence-corrected chi connectivity index (χ2v) is 17.6. The summed E-state index contributed by atoms with van der Waals surface area (Å²) in [7, 11) is 0. The Hall–Kier alpha value is -8.38. The molecule has 0 saturated carbocycles. The van der Waals surface area contributed by atoms with E-state index in [9.17, 15) is 0 Å². The van der Waals surface area contributed by atoms with Gasteiger partial charge in [0, 0.05) is 44.5 Å². The minimum atomic E-state index is -0.107. The van der Waals surface area contributed by atoms with Crippen LogP contribution in [0, 0.1) is 12.1 Å². The van der Waals surface area contributed by atoms with Crippen molar-refractivity contribution in [2.24, 2.45) is 0 Å². The largest absolute Gasteiger partial charge is 0.310 e. The van der Waals surface area contributed by atoms with Crippen molar-refractivity contribution in [3.63, 3.8) is 0 Å². The van der Waals surface area contributed by atoms with E-state index in [1.54, 1.807) is 0 Å². The van der Waals surface area contributed by atoms with Crippen molar-refractivity contribution in [2.75, 3.05) is 4.90 Å². The van der Waals surface area contributed by atoms with Gasteiger partial charge in [-0.25, -0.2) is 0 Å². The van der Waals surface area contributed by atoms with Crippen LogP contribution in [0.5, 0.6) is 0 Å². The van der Waals surface area contributed by atoms with Crippen LogP contribution in [0.3, 0.4) is 0 Å². The Balaban J connectivity index is 0.961. The Labute approximate surface area is 381 Å². The predicted molar refractivity (Wildman–Crippen MR) is 272 cm³/mol. The summed E-state index contributed by atoms with van der Waals surface area (Å²) in [6.07, 6.45) is 0. The zero-order valence-electron chi connectivity index (χ0n) is 36.3. The number of para-hydroxylation sites is 1. The Morgan fingerprint density at radius 2 is 0.923 bits per heavy atom. The molecule has 11 aromatic rings. The van der Waals surface area contributed by atoms with E-state index >= 15 is 0 Å². The molecule has 0 atom stereocenters. The van der Waals surface area contributed by atoms with Crippen LogP contribution in [0.25, 0.3) is 83.1 Å². The van der Waals surface area contributed by atoms with Gasteiger partial charge in [-0.1, -0.05) is 190 Å². The van der Waals surface area contributed by atoms with Crippen LogP contribution in [0.1, 0.15) is 25.0 Å². The number of rotatable bonds is 8. The summed E-state index contributed by atoms with van der Waals surface area (Å²) < 4.78 is 2.38. The van der Waals surface area contributed by atoms with Gasteiger partial charge in [-0.2, -0.15) is 0 Å². The first-order chi connectivity index (χ1) is 32.0. The summed E-state index contributed by atoms with van der Waals surface area (Å²) in [6.45, 7) is 4.69. The Kier molecular flexibility index (Phi) is 9.11. The highest BCUT2D eigenvalue weighted by Gasteiger charge is 2.35. The van der Waals surface area contributed by atoms with Crippen LogP contribution in [0.2, 0.25) is 0 Å². The molecular weight excluding hydrogens is 785 g/mol. The van der Waals surface area contributed by atoms with Crippen LogP contribution >= 0.6 is 0 Å². The monoisotopic (exact) mass is 828 g/mol. The molecule has 0 unspecified atom stereocenters. The first-order valence-corrected chi connectivity index (χ1v) is 22.4. The molecule has 65 heavy (non-hydrogen) atoms. The molecule has 0 amide bonds. The van der Waals surface area contributed by atoms with Crippen LogP contribution in [0.4, 0.5) is 17.1 Å². The van der Waals surface area contributed by atoms with Crippen LogP contribution in [-0.4, -0.2) is 4.57 Å². The first-order valence-electron chi connectivity index (χ1n) is 22.4. The minimum absolute atomic E-state index is 0.107. The number of anilines is 3. The molecule has 0 radical (unpaired) electrons. The molecule has 0 fully saturated rings. The van der Waals surface area contributed by atoms with Gasteiger partial charge in [-0.3, -0.25) is 0 Å². The van der Waals surface area contributed by atoms with Gasteiger partial charge < -0.3 is 9.47 Å². The molecule has 0 saturated heterocycles. The van der Waals surface area contributed by atoms with Gasteiger partial charge in [0.15, 0.2) is 0 Å². The highest BCUT2D eigenvalue weighted by atomic mass is 15.1. The molecule has 2 nitrogen and oxygen atoms in total. The van der Waals surface area contributed by atoms with E-state index in [1.807, 2.05) is 0 Å². The number of benzene rings is 9. The van der Waals surface area contributed by atoms with Gasteiger partial charge in [0.05, 0.1) is 5.52 Å². The lowest BCUT2D eigenvalue weighted by atomic mass is 9.82. The maximum Gasteiger partial charge on any atom is 0.106 e. The summed E-state index contributed by atoms with van der Waals surface area (Å²) in [5.41, 5.74) is 21.2. The van der Waals surface area contributed by atoms with Crippen molar-refractivity contribution >= 4 is 38.9 Å². The molecule has 1 aliphatic rings. The highest BCUT2D eigenvalue weighted by molar-refractivity contribution is 6.15. The van der Waals surface area contributed by atoms with Crippen molar-refractivity contribution in [2.45, 2.75) is 19.3 Å². The zero-order valence-corrected chi connectivity index (χ0v) is 36.3. The third-order valence-corrected chi connectivity index (χ3v) is 13.5. The summed E-state index contributed by atoms with van der Waals surface area (Å²) >= 11 is 0. The third kappa shape index (κ3) is 6.52. The molecule has 0 spiro atoms. The van der Waals surface area contributed by atoms with E-state index in [4.69, 9.17) is 0 Å². The standard InChI is InChI=1S/C63H44N2/c1-63(2)58-24-11-9-21-55(58)56-40-39-53(42-59(56)63)65-60-25-12-10-22-57(60)62-54(23-14-26-61(62)65)49-19-13-20-52(41-49)64(50-35-31-47(32-36-50)44-17-7-4-8-18-44)51-37-33-48(34-38-51)46-29-27-45(28-30-46)43-15-5-3-6-16-43/h3-13,15-25,27-42H,1-2H3. The molecule has 0 aliphatic heterocycles. The SMILES string of the molecule is CC1(C)c2ccccc2-c2ccc(-n3c4c#ccc(-c5cccc(N(c6ccc(-c7ccccc7)cc6)c6ccc(-c7ccc(-c8ccccc8)cc7)cc6)c5)c4c4ccccc43)cc21. The second-order valence-electron chi connectivity index (χ2n) is 17.6. The smallest absolute Gasteiger partial charge is 0.106 e. The topological polar surface area (TPSA) is 8.17 Å². The second kappa shape index (κ2) is 15.5. The van der Waals surface area contributed by atoms with E-state index < -0.39 is 0 Å². The van der Waals surface area contributed by atoms with E-state index in [1.165, 1.54) is 66.4 Å². The van der Waals surface area contributed by atoms with Crippen molar-refractivity contribution in [3.05, 3.63) is 254 Å². The molecule has 2 heteroatoms. The molecule has 10 aromatic carbocycles. The van der Waals surface area contributed by atoms with E-state index in [0.717, 1.165) is 44.9 Å². The fourth-order valence-electron chi connectivity index (χ4n) is 10.2. The number of hydrogen-bond acceptors (Lipinski definition) is 1. The van der Waals surface area contributed by atoms with E-state index in [-0.39, 0.29) is 5.41 Å². The normalized spacial score (nSPS) is 12.5. The first kappa shape index (κ1) is 38.3. The van der Waals surface area contributed by atoms with Crippen molar-refractivity contribution < 1.29 is 0 Å².